The largest absolute Gasteiger partial charge is 0.481 e. The molecular formula is C31H32F3N3O4. The lowest BCUT2D eigenvalue weighted by Gasteiger charge is -2.37. The molecule has 1 aromatic heterocycles. The standard InChI is InChI=1S/C31H32F3N3O4/c32-31(33,34)25-13-14-26(38)37(36-25)19-20-9-11-23(12-10-20)27(22-6-1-2-7-22)28(39)35-24-8-3-5-21(17-24)18-30(29(40)41)15-4-16-30/h3,5,8-14,17,22,27H,1-2,4,6-7,15-16,18-19H2,(H,35,39)(H,40,41). The van der Waals surface area contributed by atoms with Gasteiger partial charge < -0.3 is 10.4 Å². The first-order chi connectivity index (χ1) is 19.5. The molecule has 0 radical (unpaired) electrons. The third-order valence-electron chi connectivity index (χ3n) is 8.48. The Morgan fingerprint density at radius 3 is 2.32 bits per heavy atom. The van der Waals surface area contributed by atoms with Gasteiger partial charge in [0.25, 0.3) is 5.56 Å². The summed E-state index contributed by atoms with van der Waals surface area (Å²) in [4.78, 5) is 37.6. The molecule has 3 aromatic rings. The van der Waals surface area contributed by atoms with Gasteiger partial charge in [-0.3, -0.25) is 14.4 Å². The van der Waals surface area contributed by atoms with Crippen LogP contribution in [0.4, 0.5) is 18.9 Å². The van der Waals surface area contributed by atoms with Crippen molar-refractivity contribution in [2.45, 2.75) is 70.0 Å². The Morgan fingerprint density at radius 1 is 1.00 bits per heavy atom. The van der Waals surface area contributed by atoms with E-state index in [4.69, 9.17) is 0 Å². The number of amides is 1. The predicted molar refractivity (Wildman–Crippen MR) is 146 cm³/mol. The van der Waals surface area contributed by atoms with E-state index in [9.17, 15) is 32.7 Å². The number of carboxylic acids is 1. The van der Waals surface area contributed by atoms with Crippen LogP contribution in [0.25, 0.3) is 0 Å². The molecule has 0 bridgehead atoms. The van der Waals surface area contributed by atoms with Gasteiger partial charge in [0.05, 0.1) is 17.9 Å². The maximum absolute atomic E-state index is 13.7. The summed E-state index contributed by atoms with van der Waals surface area (Å²) in [6.07, 6.45) is 1.84. The number of nitrogens with one attached hydrogen (secondary N) is 1. The minimum absolute atomic E-state index is 0.131. The van der Waals surface area contributed by atoms with E-state index in [1.165, 1.54) is 0 Å². The average molecular weight is 568 g/mol. The zero-order valence-electron chi connectivity index (χ0n) is 22.5. The highest BCUT2D eigenvalue weighted by Crippen LogP contribution is 2.44. The minimum atomic E-state index is -4.66. The summed E-state index contributed by atoms with van der Waals surface area (Å²) in [7, 11) is 0. The lowest BCUT2D eigenvalue weighted by molar-refractivity contribution is -0.154. The Kier molecular flexibility index (Phi) is 8.02. The van der Waals surface area contributed by atoms with E-state index in [1.54, 1.807) is 30.3 Å². The number of carboxylic acid groups (broad SMARTS) is 1. The molecule has 0 spiro atoms. The highest BCUT2D eigenvalue weighted by Gasteiger charge is 2.44. The summed E-state index contributed by atoms with van der Waals surface area (Å²) in [5.41, 5.74) is 0.348. The van der Waals surface area contributed by atoms with Gasteiger partial charge in [0.2, 0.25) is 5.91 Å². The lowest BCUT2D eigenvalue weighted by atomic mass is 9.65. The van der Waals surface area contributed by atoms with Crippen LogP contribution in [0, 0.1) is 11.3 Å². The molecule has 0 saturated heterocycles. The number of anilines is 1. The fourth-order valence-corrected chi connectivity index (χ4v) is 6.08. The fraction of sp³-hybridized carbons (Fsp3) is 0.419. The normalized spacial score (nSPS) is 17.5. The Morgan fingerprint density at radius 2 is 1.71 bits per heavy atom. The third kappa shape index (κ3) is 6.36. The second-order valence-corrected chi connectivity index (χ2v) is 11.3. The maximum atomic E-state index is 13.7. The third-order valence-corrected chi connectivity index (χ3v) is 8.48. The van der Waals surface area contributed by atoms with Gasteiger partial charge in [-0.05, 0) is 72.9 Å². The van der Waals surface area contributed by atoms with Crippen LogP contribution in [0.1, 0.15) is 73.2 Å². The molecule has 1 atom stereocenters. The van der Waals surface area contributed by atoms with E-state index in [1.807, 2.05) is 18.2 Å². The van der Waals surface area contributed by atoms with Crippen molar-refractivity contribution in [2.24, 2.45) is 11.3 Å². The smallest absolute Gasteiger partial charge is 0.435 e. The minimum Gasteiger partial charge on any atom is -0.481 e. The van der Waals surface area contributed by atoms with E-state index in [0.29, 0.717) is 36.6 Å². The SMILES string of the molecule is O=C(Nc1cccc(CC2(C(=O)O)CCC2)c1)C(c1ccc(Cn2nc(C(F)(F)F)ccc2=O)cc1)C1CCCC1. The molecule has 2 fully saturated rings. The van der Waals surface area contributed by atoms with Gasteiger partial charge >= 0.3 is 12.1 Å². The molecule has 7 nitrogen and oxygen atoms in total. The first-order valence-corrected chi connectivity index (χ1v) is 13.9. The Balaban J connectivity index is 1.33. The quantitative estimate of drug-likeness (QED) is 0.329. The van der Waals surface area contributed by atoms with Gasteiger partial charge in [-0.15, -0.1) is 0 Å². The van der Waals surface area contributed by atoms with Crippen LogP contribution in [0.15, 0.2) is 65.5 Å². The molecule has 2 saturated carbocycles. The Labute approximate surface area is 235 Å². The summed E-state index contributed by atoms with van der Waals surface area (Å²) >= 11 is 0. The molecule has 2 aliphatic carbocycles. The van der Waals surface area contributed by atoms with Crippen LogP contribution in [-0.4, -0.2) is 26.8 Å². The highest BCUT2D eigenvalue weighted by atomic mass is 19.4. The molecule has 2 N–H and O–H groups in total. The van der Waals surface area contributed by atoms with Crippen LogP contribution in [0.2, 0.25) is 0 Å². The lowest BCUT2D eigenvalue weighted by Crippen LogP contribution is -2.39. The van der Waals surface area contributed by atoms with Gasteiger partial charge in [-0.25, -0.2) is 4.68 Å². The van der Waals surface area contributed by atoms with Gasteiger partial charge in [-0.1, -0.05) is 55.7 Å². The van der Waals surface area contributed by atoms with E-state index >= 15 is 0 Å². The van der Waals surface area contributed by atoms with Crippen molar-refractivity contribution in [1.82, 2.24) is 9.78 Å². The molecule has 0 aliphatic heterocycles. The number of hydrogen-bond acceptors (Lipinski definition) is 4. The van der Waals surface area contributed by atoms with Crippen molar-refractivity contribution in [2.75, 3.05) is 5.32 Å². The van der Waals surface area contributed by atoms with Crippen molar-refractivity contribution in [1.29, 1.82) is 0 Å². The number of benzene rings is 2. The van der Waals surface area contributed by atoms with E-state index in [0.717, 1.165) is 54.0 Å². The molecule has 1 unspecified atom stereocenters. The summed E-state index contributed by atoms with van der Waals surface area (Å²) in [6.45, 7) is -0.131. The van der Waals surface area contributed by atoms with Crippen LogP contribution >= 0.6 is 0 Å². The van der Waals surface area contributed by atoms with Crippen LogP contribution in [0.3, 0.4) is 0 Å². The Hall–Kier alpha value is -3.95. The summed E-state index contributed by atoms with van der Waals surface area (Å²) in [5, 5.41) is 16.2. The number of rotatable bonds is 9. The maximum Gasteiger partial charge on any atom is 0.435 e. The molecule has 10 heteroatoms. The van der Waals surface area contributed by atoms with Crippen molar-refractivity contribution in [3.8, 4) is 0 Å². The van der Waals surface area contributed by atoms with Gasteiger partial charge in [0.15, 0.2) is 5.69 Å². The molecular weight excluding hydrogens is 535 g/mol. The first kappa shape index (κ1) is 28.6. The molecule has 2 aliphatic rings. The molecule has 1 amide bonds. The molecule has 216 valence electrons. The van der Waals surface area contributed by atoms with Crippen LogP contribution in [-0.2, 0) is 28.7 Å². The number of aliphatic carboxylic acids is 1. The summed E-state index contributed by atoms with van der Waals surface area (Å²) < 4.78 is 40.0. The first-order valence-electron chi connectivity index (χ1n) is 13.9. The van der Waals surface area contributed by atoms with E-state index in [-0.39, 0.29) is 18.4 Å². The molecule has 41 heavy (non-hydrogen) atoms. The van der Waals surface area contributed by atoms with Crippen molar-refractivity contribution >= 4 is 17.6 Å². The van der Waals surface area contributed by atoms with Gasteiger partial charge in [-0.2, -0.15) is 18.3 Å². The topological polar surface area (TPSA) is 101 Å². The van der Waals surface area contributed by atoms with E-state index < -0.39 is 34.7 Å². The number of alkyl halides is 3. The average Bonchev–Trinajstić information content (AvgIpc) is 3.42. The number of carbonyl (C=O) groups excluding carboxylic acids is 1. The number of halogens is 3. The summed E-state index contributed by atoms with van der Waals surface area (Å²) in [6, 6.07) is 15.9. The van der Waals surface area contributed by atoms with Crippen molar-refractivity contribution in [3.63, 3.8) is 0 Å². The number of aromatic nitrogens is 2. The predicted octanol–water partition coefficient (Wildman–Crippen LogP) is 6.02. The molecule has 1 heterocycles. The van der Waals surface area contributed by atoms with Crippen molar-refractivity contribution in [3.05, 3.63) is 93.4 Å². The zero-order valence-corrected chi connectivity index (χ0v) is 22.5. The Bertz CT molecular complexity index is 1470. The summed E-state index contributed by atoms with van der Waals surface area (Å²) in [5.74, 6) is -1.23. The number of hydrogen-bond donors (Lipinski definition) is 2. The van der Waals surface area contributed by atoms with Crippen molar-refractivity contribution < 1.29 is 27.9 Å². The molecule has 5 rings (SSSR count). The van der Waals surface area contributed by atoms with E-state index in [2.05, 4.69) is 10.4 Å². The van der Waals surface area contributed by atoms with Gasteiger partial charge in [0.1, 0.15) is 0 Å². The van der Waals surface area contributed by atoms with Crippen LogP contribution in [0.5, 0.6) is 0 Å². The number of carbonyl (C=O) groups is 2. The second-order valence-electron chi connectivity index (χ2n) is 11.3. The van der Waals surface area contributed by atoms with Crippen LogP contribution < -0.4 is 10.9 Å². The van der Waals surface area contributed by atoms with Gasteiger partial charge in [0, 0.05) is 11.8 Å². The zero-order chi connectivity index (χ0) is 29.2. The number of nitrogens with zero attached hydrogens (tertiary/aromatic N) is 2. The second kappa shape index (κ2) is 11.5. The fourth-order valence-electron chi connectivity index (χ4n) is 6.08. The monoisotopic (exact) mass is 567 g/mol. The highest BCUT2D eigenvalue weighted by molar-refractivity contribution is 5.96. The molecule has 2 aromatic carbocycles.